The Morgan fingerprint density at radius 1 is 1.82 bits per heavy atom. The van der Waals surface area contributed by atoms with Gasteiger partial charge in [-0.2, -0.15) is 0 Å². The molecule has 1 aromatic rings. The molecule has 1 rings (SSSR count). The van der Waals surface area contributed by atoms with E-state index in [0.717, 1.165) is 5.69 Å². The van der Waals surface area contributed by atoms with Crippen molar-refractivity contribution < 1.29 is 9.53 Å². The minimum atomic E-state index is -0.346. The van der Waals surface area contributed by atoms with Gasteiger partial charge in [-0.15, -0.1) is 0 Å². The van der Waals surface area contributed by atoms with Crippen molar-refractivity contribution in [1.82, 2.24) is 4.98 Å². The Bertz CT molecular complexity index is 255. The molecule has 3 N–H and O–H groups in total. The molecule has 4 heteroatoms. The second-order valence-electron chi connectivity index (χ2n) is 2.11. The van der Waals surface area contributed by atoms with Gasteiger partial charge in [0.25, 0.3) is 0 Å². The van der Waals surface area contributed by atoms with Crippen LogP contribution < -0.4 is 5.73 Å². The molecule has 60 valence electrons. The highest BCUT2D eigenvalue weighted by molar-refractivity contribution is 5.89. The molecule has 0 spiro atoms. The van der Waals surface area contributed by atoms with E-state index < -0.39 is 0 Å². The van der Waals surface area contributed by atoms with Crippen molar-refractivity contribution >= 4 is 5.97 Å². The van der Waals surface area contributed by atoms with Crippen LogP contribution >= 0.6 is 0 Å². The van der Waals surface area contributed by atoms with Crippen molar-refractivity contribution in [3.63, 3.8) is 0 Å². The topological polar surface area (TPSA) is 68.1 Å². The van der Waals surface area contributed by atoms with Crippen LogP contribution in [0.4, 0.5) is 0 Å². The summed E-state index contributed by atoms with van der Waals surface area (Å²) in [5, 5.41) is 0. The van der Waals surface area contributed by atoms with Crippen molar-refractivity contribution in [2.24, 2.45) is 5.73 Å². The Morgan fingerprint density at radius 2 is 2.55 bits per heavy atom. The average molecular weight is 154 g/mol. The van der Waals surface area contributed by atoms with Gasteiger partial charge >= 0.3 is 5.97 Å². The van der Waals surface area contributed by atoms with Crippen LogP contribution in [0, 0.1) is 0 Å². The number of nitrogens with one attached hydrogen (secondary N) is 1. The summed E-state index contributed by atoms with van der Waals surface area (Å²) in [6.45, 7) is 0.400. The number of carbonyl (C=O) groups is 1. The highest BCUT2D eigenvalue weighted by Crippen LogP contribution is 2.03. The van der Waals surface area contributed by atoms with Crippen LogP contribution in [-0.2, 0) is 11.3 Å². The number of hydrogen-bond donors (Lipinski definition) is 2. The lowest BCUT2D eigenvalue weighted by Crippen LogP contribution is -1.99. The molecule has 0 aliphatic carbocycles. The number of H-pyrrole nitrogens is 1. The van der Waals surface area contributed by atoms with Crippen molar-refractivity contribution in [3.05, 3.63) is 23.5 Å². The molecule has 0 aliphatic heterocycles. The van der Waals surface area contributed by atoms with E-state index in [1.54, 1.807) is 12.3 Å². The summed E-state index contributed by atoms with van der Waals surface area (Å²) in [6.07, 6.45) is 1.58. The molecule has 0 aliphatic rings. The van der Waals surface area contributed by atoms with E-state index in [-0.39, 0.29) is 5.97 Å². The first-order chi connectivity index (χ1) is 5.27. The van der Waals surface area contributed by atoms with Crippen LogP contribution in [0.5, 0.6) is 0 Å². The largest absolute Gasteiger partial charge is 0.465 e. The molecule has 0 saturated heterocycles. The lowest BCUT2D eigenvalue weighted by Gasteiger charge is -1.91. The Kier molecular flexibility index (Phi) is 2.28. The number of esters is 1. The third-order valence-electron chi connectivity index (χ3n) is 1.38. The van der Waals surface area contributed by atoms with E-state index in [9.17, 15) is 4.79 Å². The van der Waals surface area contributed by atoms with Crippen LogP contribution in [-0.4, -0.2) is 18.1 Å². The fourth-order valence-electron chi connectivity index (χ4n) is 0.795. The second-order valence-corrected chi connectivity index (χ2v) is 2.11. The van der Waals surface area contributed by atoms with Crippen molar-refractivity contribution in [2.45, 2.75) is 6.54 Å². The lowest BCUT2D eigenvalue weighted by molar-refractivity contribution is 0.0601. The van der Waals surface area contributed by atoms with Gasteiger partial charge in [0.1, 0.15) is 0 Å². The van der Waals surface area contributed by atoms with Crippen molar-refractivity contribution in [2.75, 3.05) is 7.11 Å². The van der Waals surface area contributed by atoms with E-state index in [2.05, 4.69) is 9.72 Å². The minimum absolute atomic E-state index is 0.346. The maximum Gasteiger partial charge on any atom is 0.339 e. The number of aromatic amines is 1. The number of rotatable bonds is 2. The quantitative estimate of drug-likeness (QED) is 0.600. The normalized spacial score (nSPS) is 9.64. The summed E-state index contributed by atoms with van der Waals surface area (Å²) in [7, 11) is 1.34. The molecule has 0 saturated carbocycles. The third-order valence-corrected chi connectivity index (χ3v) is 1.38. The Morgan fingerprint density at radius 3 is 3.00 bits per heavy atom. The first-order valence-corrected chi connectivity index (χ1v) is 3.23. The number of aromatic nitrogens is 1. The van der Waals surface area contributed by atoms with Gasteiger partial charge in [-0.1, -0.05) is 0 Å². The third kappa shape index (κ3) is 1.59. The summed E-state index contributed by atoms with van der Waals surface area (Å²) < 4.78 is 4.49. The smallest absolute Gasteiger partial charge is 0.339 e. The van der Waals surface area contributed by atoms with Gasteiger partial charge in [-0.3, -0.25) is 0 Å². The molecule has 0 atom stereocenters. The fraction of sp³-hybridized carbons (Fsp3) is 0.286. The molecule has 0 bridgehead atoms. The van der Waals surface area contributed by atoms with Crippen molar-refractivity contribution in [1.29, 1.82) is 0 Å². The van der Waals surface area contributed by atoms with Gasteiger partial charge in [-0.05, 0) is 6.07 Å². The van der Waals surface area contributed by atoms with E-state index in [1.807, 2.05) is 0 Å². The van der Waals surface area contributed by atoms with Gasteiger partial charge in [-0.25, -0.2) is 4.79 Å². The average Bonchev–Trinajstić information content (AvgIpc) is 2.50. The molecule has 4 nitrogen and oxygen atoms in total. The van der Waals surface area contributed by atoms with Gasteiger partial charge in [0.05, 0.1) is 12.7 Å². The summed E-state index contributed by atoms with van der Waals surface area (Å²) in [4.78, 5) is 13.7. The van der Waals surface area contributed by atoms with Gasteiger partial charge in [0.15, 0.2) is 0 Å². The zero-order valence-electron chi connectivity index (χ0n) is 6.26. The lowest BCUT2D eigenvalue weighted by atomic mass is 10.3. The number of ether oxygens (including phenoxy) is 1. The molecule has 1 heterocycles. The van der Waals surface area contributed by atoms with Crippen LogP contribution in [0.2, 0.25) is 0 Å². The molecule has 1 aromatic heterocycles. The maximum atomic E-state index is 10.9. The predicted octanol–water partition coefficient (Wildman–Crippen LogP) is 0.260. The van der Waals surface area contributed by atoms with Crippen LogP contribution in [0.1, 0.15) is 16.1 Å². The molecule has 0 unspecified atom stereocenters. The summed E-state index contributed by atoms with van der Waals surface area (Å²) >= 11 is 0. The van der Waals surface area contributed by atoms with Crippen LogP contribution in [0.25, 0.3) is 0 Å². The fourth-order valence-corrected chi connectivity index (χ4v) is 0.795. The Balaban J connectivity index is 2.80. The highest BCUT2D eigenvalue weighted by atomic mass is 16.5. The number of methoxy groups -OCH3 is 1. The Labute approximate surface area is 64.4 Å². The summed E-state index contributed by atoms with van der Waals surface area (Å²) in [6, 6.07) is 1.67. The zero-order valence-corrected chi connectivity index (χ0v) is 6.26. The molecule has 0 radical (unpaired) electrons. The molecule has 0 aromatic carbocycles. The molecule has 11 heavy (non-hydrogen) atoms. The van der Waals surface area contributed by atoms with Crippen LogP contribution in [0.15, 0.2) is 12.3 Å². The molecular weight excluding hydrogens is 144 g/mol. The highest BCUT2D eigenvalue weighted by Gasteiger charge is 2.06. The van der Waals surface area contributed by atoms with E-state index in [4.69, 9.17) is 5.73 Å². The van der Waals surface area contributed by atoms with Gasteiger partial charge in [0.2, 0.25) is 0 Å². The van der Waals surface area contributed by atoms with Gasteiger partial charge in [0, 0.05) is 18.4 Å². The maximum absolute atomic E-state index is 10.9. The SMILES string of the molecule is COC(=O)c1c[nH]c(CN)c1. The number of nitrogens with two attached hydrogens (primary N) is 1. The minimum Gasteiger partial charge on any atom is -0.465 e. The summed E-state index contributed by atoms with van der Waals surface area (Å²) in [5.41, 5.74) is 6.65. The number of carbonyl (C=O) groups excluding carboxylic acids is 1. The van der Waals surface area contributed by atoms with E-state index in [0.29, 0.717) is 12.1 Å². The standard InChI is InChI=1S/C7H10N2O2/c1-11-7(10)5-2-6(3-8)9-4-5/h2,4,9H,3,8H2,1H3. The first kappa shape index (κ1) is 7.81. The first-order valence-electron chi connectivity index (χ1n) is 3.23. The summed E-state index contributed by atoms with van der Waals surface area (Å²) in [5.74, 6) is -0.346. The molecule has 0 fully saturated rings. The van der Waals surface area contributed by atoms with Gasteiger partial charge < -0.3 is 15.5 Å². The Hall–Kier alpha value is -1.29. The van der Waals surface area contributed by atoms with E-state index >= 15 is 0 Å². The van der Waals surface area contributed by atoms with Crippen LogP contribution in [0.3, 0.4) is 0 Å². The molecule has 0 amide bonds. The van der Waals surface area contributed by atoms with Crippen molar-refractivity contribution in [3.8, 4) is 0 Å². The monoisotopic (exact) mass is 154 g/mol. The molecular formula is C7H10N2O2. The zero-order chi connectivity index (χ0) is 8.27. The second kappa shape index (κ2) is 3.21. The van der Waals surface area contributed by atoms with E-state index in [1.165, 1.54) is 7.11 Å². The number of hydrogen-bond acceptors (Lipinski definition) is 3. The predicted molar refractivity (Wildman–Crippen MR) is 40.0 cm³/mol.